The second-order valence-electron chi connectivity index (χ2n) is 4.36. The van der Waals surface area contributed by atoms with Crippen LogP contribution in [0.1, 0.15) is 31.1 Å². The molecule has 0 spiro atoms. The van der Waals surface area contributed by atoms with Gasteiger partial charge >= 0.3 is 0 Å². The molecule has 0 aromatic carbocycles. The third-order valence-corrected chi connectivity index (χ3v) is 2.29. The number of hydrogen-bond donors (Lipinski definition) is 3. The van der Waals surface area contributed by atoms with Gasteiger partial charge in [-0.1, -0.05) is 0 Å². The largest absolute Gasteiger partial charge is 0.383 e. The van der Waals surface area contributed by atoms with Crippen molar-refractivity contribution < 1.29 is 9.59 Å². The maximum atomic E-state index is 12.0. The summed E-state index contributed by atoms with van der Waals surface area (Å²) in [6, 6.07) is 1.68. The Hall–Kier alpha value is -2.11. The van der Waals surface area contributed by atoms with Gasteiger partial charge < -0.3 is 16.0 Å². The molecule has 0 fully saturated rings. The molecule has 0 atom stereocenters. The third kappa shape index (κ3) is 4.95. The fourth-order valence-corrected chi connectivity index (χ4v) is 1.55. The van der Waals surface area contributed by atoms with E-state index >= 15 is 0 Å². The zero-order valence-corrected chi connectivity index (χ0v) is 11.5. The zero-order chi connectivity index (χ0) is 14.3. The summed E-state index contributed by atoms with van der Waals surface area (Å²) < 4.78 is 0. The first kappa shape index (κ1) is 14.9. The van der Waals surface area contributed by atoms with Crippen LogP contribution >= 0.6 is 0 Å². The predicted octanol–water partition coefficient (Wildman–Crippen LogP) is 0.768. The van der Waals surface area contributed by atoms with Gasteiger partial charge in [0.05, 0.1) is 24.0 Å². The summed E-state index contributed by atoms with van der Waals surface area (Å²) in [6.07, 6.45) is 3.14. The summed E-state index contributed by atoms with van der Waals surface area (Å²) in [4.78, 5) is 27.4. The van der Waals surface area contributed by atoms with E-state index in [0.717, 1.165) is 0 Å². The van der Waals surface area contributed by atoms with Crippen molar-refractivity contribution in [1.82, 2.24) is 15.6 Å². The number of rotatable bonds is 6. The van der Waals surface area contributed by atoms with E-state index in [1.165, 1.54) is 0 Å². The Morgan fingerprint density at radius 3 is 2.74 bits per heavy atom. The smallest absolute Gasteiger partial charge is 0.253 e. The maximum absolute atomic E-state index is 12.0. The minimum Gasteiger partial charge on any atom is -0.383 e. The summed E-state index contributed by atoms with van der Waals surface area (Å²) in [5, 5.41) is 8.34. The maximum Gasteiger partial charge on any atom is 0.253 e. The molecule has 0 radical (unpaired) electrons. The number of carbonyl (C=O) groups excluding carboxylic acids is 2. The molecule has 2 amide bonds. The molecule has 6 nitrogen and oxygen atoms in total. The van der Waals surface area contributed by atoms with Gasteiger partial charge in [0, 0.05) is 18.8 Å². The normalized spacial score (nSPS) is 10.1. The number of nitrogens with one attached hydrogen (secondary N) is 3. The van der Waals surface area contributed by atoms with Crippen LogP contribution in [0.2, 0.25) is 0 Å². The van der Waals surface area contributed by atoms with Crippen LogP contribution in [-0.4, -0.2) is 35.9 Å². The minimum atomic E-state index is -0.294. The highest BCUT2D eigenvalue weighted by Crippen LogP contribution is 2.12. The lowest BCUT2D eigenvalue weighted by Gasteiger charge is -2.11. The first-order valence-corrected chi connectivity index (χ1v) is 6.30. The van der Waals surface area contributed by atoms with Gasteiger partial charge in [-0.3, -0.25) is 14.6 Å². The molecule has 6 heteroatoms. The second-order valence-corrected chi connectivity index (χ2v) is 4.36. The lowest BCUT2D eigenvalue weighted by Crippen LogP contribution is -2.39. The standard InChI is InChI=1S/C13H20N4O2/c1-4-15-11-7-14-6-5-10(11)13(19)16-8-12(18)17-9(2)3/h5-7,9,15H,4,8H2,1-3H3,(H,16,19)(H,17,18). The molecule has 0 aliphatic heterocycles. The number of nitrogens with zero attached hydrogens (tertiary/aromatic N) is 1. The van der Waals surface area contributed by atoms with Crippen LogP contribution in [0.4, 0.5) is 5.69 Å². The van der Waals surface area contributed by atoms with Crippen molar-refractivity contribution in [3.8, 4) is 0 Å². The molecule has 104 valence electrons. The van der Waals surface area contributed by atoms with E-state index < -0.39 is 0 Å². The number of carbonyl (C=O) groups is 2. The highest BCUT2D eigenvalue weighted by Gasteiger charge is 2.12. The van der Waals surface area contributed by atoms with Crippen LogP contribution in [0.3, 0.4) is 0 Å². The van der Waals surface area contributed by atoms with Crippen molar-refractivity contribution in [2.24, 2.45) is 0 Å². The molecular weight excluding hydrogens is 244 g/mol. The van der Waals surface area contributed by atoms with E-state index in [9.17, 15) is 9.59 Å². The molecule has 0 saturated heterocycles. The third-order valence-electron chi connectivity index (χ3n) is 2.29. The average molecular weight is 264 g/mol. The highest BCUT2D eigenvalue weighted by molar-refractivity contribution is 6.00. The number of anilines is 1. The first-order chi connectivity index (χ1) is 9.04. The molecule has 0 unspecified atom stereocenters. The lowest BCUT2D eigenvalue weighted by molar-refractivity contribution is -0.120. The van der Waals surface area contributed by atoms with Gasteiger partial charge in [0.25, 0.3) is 5.91 Å². The van der Waals surface area contributed by atoms with Crippen LogP contribution in [-0.2, 0) is 4.79 Å². The van der Waals surface area contributed by atoms with Gasteiger partial charge in [-0.2, -0.15) is 0 Å². The van der Waals surface area contributed by atoms with Crippen LogP contribution in [0.5, 0.6) is 0 Å². The Balaban J connectivity index is 2.61. The Kier molecular flexibility index (Phi) is 5.78. The second kappa shape index (κ2) is 7.35. The van der Waals surface area contributed by atoms with Gasteiger partial charge in [0.2, 0.25) is 5.91 Å². The van der Waals surface area contributed by atoms with Crippen molar-refractivity contribution in [3.05, 3.63) is 24.0 Å². The van der Waals surface area contributed by atoms with E-state index in [-0.39, 0.29) is 24.4 Å². The fraction of sp³-hybridized carbons (Fsp3) is 0.462. The van der Waals surface area contributed by atoms with E-state index in [4.69, 9.17) is 0 Å². The Labute approximate surface area is 113 Å². The van der Waals surface area contributed by atoms with Gasteiger partial charge in [-0.25, -0.2) is 0 Å². The molecule has 0 aliphatic rings. The predicted molar refractivity (Wildman–Crippen MR) is 74.0 cm³/mol. The van der Waals surface area contributed by atoms with Gasteiger partial charge in [0.1, 0.15) is 0 Å². The number of amides is 2. The molecule has 19 heavy (non-hydrogen) atoms. The number of hydrogen-bond acceptors (Lipinski definition) is 4. The van der Waals surface area contributed by atoms with Crippen molar-refractivity contribution in [3.63, 3.8) is 0 Å². The number of pyridine rings is 1. The lowest BCUT2D eigenvalue weighted by atomic mass is 10.2. The molecule has 0 aliphatic carbocycles. The Bertz CT molecular complexity index is 446. The van der Waals surface area contributed by atoms with Crippen LogP contribution in [0, 0.1) is 0 Å². The molecule has 1 heterocycles. The van der Waals surface area contributed by atoms with E-state index in [2.05, 4.69) is 20.9 Å². The molecule has 3 N–H and O–H groups in total. The molecule has 0 saturated carbocycles. The molecule has 1 aromatic rings. The first-order valence-electron chi connectivity index (χ1n) is 6.30. The average Bonchev–Trinajstić information content (AvgIpc) is 2.36. The summed E-state index contributed by atoms with van der Waals surface area (Å²) in [5.41, 5.74) is 1.14. The van der Waals surface area contributed by atoms with Gasteiger partial charge in [0.15, 0.2) is 0 Å². The quantitative estimate of drug-likeness (QED) is 0.708. The van der Waals surface area contributed by atoms with Crippen molar-refractivity contribution in [2.75, 3.05) is 18.4 Å². The molecule has 1 aromatic heterocycles. The molecular formula is C13H20N4O2. The Morgan fingerprint density at radius 2 is 2.11 bits per heavy atom. The zero-order valence-electron chi connectivity index (χ0n) is 11.5. The summed E-state index contributed by atoms with van der Waals surface area (Å²) in [6.45, 7) is 6.33. The van der Waals surface area contributed by atoms with Gasteiger partial charge in [-0.15, -0.1) is 0 Å². The van der Waals surface area contributed by atoms with Crippen molar-refractivity contribution in [2.45, 2.75) is 26.8 Å². The number of aromatic nitrogens is 1. The summed E-state index contributed by atoms with van der Waals surface area (Å²) in [7, 11) is 0. The van der Waals surface area contributed by atoms with E-state index in [1.807, 2.05) is 20.8 Å². The minimum absolute atomic E-state index is 0.0368. The van der Waals surface area contributed by atoms with E-state index in [1.54, 1.807) is 18.5 Å². The SMILES string of the molecule is CCNc1cnccc1C(=O)NCC(=O)NC(C)C. The molecule has 1 rings (SSSR count). The van der Waals surface area contributed by atoms with Crippen LogP contribution in [0.15, 0.2) is 18.5 Å². The summed E-state index contributed by atoms with van der Waals surface area (Å²) >= 11 is 0. The Morgan fingerprint density at radius 1 is 1.37 bits per heavy atom. The fourth-order valence-electron chi connectivity index (χ4n) is 1.55. The molecule has 0 bridgehead atoms. The monoisotopic (exact) mass is 264 g/mol. The summed E-state index contributed by atoms with van der Waals surface area (Å²) in [5.74, 6) is -0.500. The van der Waals surface area contributed by atoms with Crippen LogP contribution in [0.25, 0.3) is 0 Å². The van der Waals surface area contributed by atoms with Crippen molar-refractivity contribution in [1.29, 1.82) is 0 Å². The van der Waals surface area contributed by atoms with Crippen molar-refractivity contribution >= 4 is 17.5 Å². The van der Waals surface area contributed by atoms with Gasteiger partial charge in [-0.05, 0) is 26.8 Å². The van der Waals surface area contributed by atoms with E-state index in [0.29, 0.717) is 17.8 Å². The topological polar surface area (TPSA) is 83.1 Å². The van der Waals surface area contributed by atoms with Crippen LogP contribution < -0.4 is 16.0 Å². The highest BCUT2D eigenvalue weighted by atomic mass is 16.2.